The predicted molar refractivity (Wildman–Crippen MR) is 56.3 cm³/mol. The van der Waals surface area contributed by atoms with Gasteiger partial charge < -0.3 is 5.32 Å². The summed E-state index contributed by atoms with van der Waals surface area (Å²) in [6.45, 7) is 0. The minimum absolute atomic E-state index is 0.761. The zero-order chi connectivity index (χ0) is 9.26. The van der Waals surface area contributed by atoms with Crippen LogP contribution in [0.25, 0.3) is 10.8 Å². The number of benzene rings is 1. The molecule has 1 heterocycles. The quantitative estimate of drug-likeness (QED) is 0.752. The van der Waals surface area contributed by atoms with E-state index in [9.17, 15) is 0 Å². The summed E-state index contributed by atoms with van der Waals surface area (Å²) in [5, 5.41) is 5.87. The van der Waals surface area contributed by atoms with E-state index >= 15 is 0 Å². The molecule has 0 aliphatic heterocycles. The van der Waals surface area contributed by atoms with E-state index < -0.39 is 0 Å². The average molecular weight is 193 g/mol. The van der Waals surface area contributed by atoms with E-state index in [-0.39, 0.29) is 0 Å². The summed E-state index contributed by atoms with van der Waals surface area (Å²) < 4.78 is 0. The second kappa shape index (κ2) is 3.23. The number of anilines is 1. The number of aromatic nitrogens is 1. The lowest BCUT2D eigenvalue weighted by Gasteiger charge is -2.04. The summed E-state index contributed by atoms with van der Waals surface area (Å²) in [5.74, 6) is 0.861. The van der Waals surface area contributed by atoms with E-state index in [1.165, 1.54) is 0 Å². The minimum atomic E-state index is 0.761. The van der Waals surface area contributed by atoms with Crippen molar-refractivity contribution in [3.05, 3.63) is 35.5 Å². The first-order valence-corrected chi connectivity index (χ1v) is 4.41. The molecule has 0 aliphatic rings. The molecule has 0 unspecified atom stereocenters. The molecule has 0 atom stereocenters. The molecule has 0 saturated carbocycles. The van der Waals surface area contributed by atoms with Gasteiger partial charge in [0.2, 0.25) is 0 Å². The normalized spacial score (nSPS) is 10.3. The Morgan fingerprint density at radius 1 is 1.23 bits per heavy atom. The molecule has 2 rings (SSSR count). The van der Waals surface area contributed by atoms with Crippen LogP contribution in [0.2, 0.25) is 5.02 Å². The van der Waals surface area contributed by atoms with Gasteiger partial charge in [0.1, 0.15) is 5.82 Å². The maximum absolute atomic E-state index is 6.03. The Bertz CT molecular complexity index is 440. The zero-order valence-corrected chi connectivity index (χ0v) is 7.97. The summed E-state index contributed by atoms with van der Waals surface area (Å²) in [4.78, 5) is 4.20. The van der Waals surface area contributed by atoms with Crippen LogP contribution < -0.4 is 5.32 Å². The van der Waals surface area contributed by atoms with Crippen LogP contribution in [0.15, 0.2) is 30.5 Å². The fourth-order valence-electron chi connectivity index (χ4n) is 1.37. The van der Waals surface area contributed by atoms with Crippen LogP contribution in [-0.4, -0.2) is 12.0 Å². The number of hydrogen-bond acceptors (Lipinski definition) is 2. The van der Waals surface area contributed by atoms with Crippen molar-refractivity contribution in [2.24, 2.45) is 0 Å². The SMILES string of the molecule is CNc1nccc2c(Cl)cccc12. The van der Waals surface area contributed by atoms with E-state index in [0.29, 0.717) is 0 Å². The van der Waals surface area contributed by atoms with Crippen LogP contribution in [0, 0.1) is 0 Å². The molecule has 2 aromatic rings. The second-order valence-electron chi connectivity index (χ2n) is 2.74. The van der Waals surface area contributed by atoms with E-state index in [1.807, 2.05) is 31.3 Å². The number of hydrogen-bond donors (Lipinski definition) is 1. The summed E-state index contributed by atoms with van der Waals surface area (Å²) in [7, 11) is 1.85. The third kappa shape index (κ3) is 1.33. The predicted octanol–water partition coefficient (Wildman–Crippen LogP) is 2.93. The summed E-state index contributed by atoms with van der Waals surface area (Å²) in [6.07, 6.45) is 1.75. The smallest absolute Gasteiger partial charge is 0.133 e. The highest BCUT2D eigenvalue weighted by molar-refractivity contribution is 6.35. The first-order valence-electron chi connectivity index (χ1n) is 4.04. The van der Waals surface area contributed by atoms with Crippen molar-refractivity contribution in [1.82, 2.24) is 4.98 Å². The van der Waals surface area contributed by atoms with E-state index in [4.69, 9.17) is 11.6 Å². The maximum atomic E-state index is 6.03. The van der Waals surface area contributed by atoms with Gasteiger partial charge in [0.05, 0.1) is 0 Å². The number of nitrogens with one attached hydrogen (secondary N) is 1. The van der Waals surface area contributed by atoms with Crippen LogP contribution >= 0.6 is 11.6 Å². The third-order valence-electron chi connectivity index (χ3n) is 1.99. The highest BCUT2D eigenvalue weighted by atomic mass is 35.5. The van der Waals surface area contributed by atoms with Crippen LogP contribution in [0.4, 0.5) is 5.82 Å². The maximum Gasteiger partial charge on any atom is 0.133 e. The van der Waals surface area contributed by atoms with Gasteiger partial charge in [-0.25, -0.2) is 4.98 Å². The van der Waals surface area contributed by atoms with Crippen LogP contribution in [-0.2, 0) is 0 Å². The Hall–Kier alpha value is -1.28. The number of halogens is 1. The molecule has 0 spiro atoms. The molecule has 1 aromatic heterocycles. The Balaban J connectivity index is 2.84. The van der Waals surface area contributed by atoms with Gasteiger partial charge in [-0.1, -0.05) is 23.7 Å². The highest BCUT2D eigenvalue weighted by Crippen LogP contribution is 2.26. The zero-order valence-electron chi connectivity index (χ0n) is 7.21. The monoisotopic (exact) mass is 192 g/mol. The molecule has 0 bridgehead atoms. The van der Waals surface area contributed by atoms with E-state index in [1.54, 1.807) is 6.20 Å². The summed E-state index contributed by atoms with van der Waals surface area (Å²) >= 11 is 6.03. The van der Waals surface area contributed by atoms with Gasteiger partial charge in [0.15, 0.2) is 0 Å². The Kier molecular flexibility index (Phi) is 2.07. The molecule has 1 N–H and O–H groups in total. The fourth-order valence-corrected chi connectivity index (χ4v) is 1.61. The molecule has 0 radical (unpaired) electrons. The average Bonchev–Trinajstić information content (AvgIpc) is 2.18. The second-order valence-corrected chi connectivity index (χ2v) is 3.15. The van der Waals surface area contributed by atoms with Crippen LogP contribution in [0.5, 0.6) is 0 Å². The van der Waals surface area contributed by atoms with Gasteiger partial charge in [-0.3, -0.25) is 0 Å². The van der Waals surface area contributed by atoms with Crippen molar-refractivity contribution in [1.29, 1.82) is 0 Å². The van der Waals surface area contributed by atoms with Crippen LogP contribution in [0.3, 0.4) is 0 Å². The molecule has 66 valence electrons. The van der Waals surface area contributed by atoms with Crippen molar-refractivity contribution in [2.75, 3.05) is 12.4 Å². The van der Waals surface area contributed by atoms with Crippen molar-refractivity contribution in [3.63, 3.8) is 0 Å². The minimum Gasteiger partial charge on any atom is -0.373 e. The molecule has 1 aromatic carbocycles. The van der Waals surface area contributed by atoms with Gasteiger partial charge >= 0.3 is 0 Å². The summed E-state index contributed by atoms with van der Waals surface area (Å²) in [5.41, 5.74) is 0. The molecular formula is C10H9ClN2. The molecule has 0 fully saturated rings. The molecule has 3 heteroatoms. The first kappa shape index (κ1) is 8.32. The van der Waals surface area contributed by atoms with Crippen LogP contribution in [0.1, 0.15) is 0 Å². The molecule has 0 saturated heterocycles. The van der Waals surface area contributed by atoms with Gasteiger partial charge in [-0.2, -0.15) is 0 Å². The number of nitrogens with zero attached hydrogens (tertiary/aromatic N) is 1. The Morgan fingerprint density at radius 2 is 2.08 bits per heavy atom. The molecule has 13 heavy (non-hydrogen) atoms. The largest absolute Gasteiger partial charge is 0.373 e. The fraction of sp³-hybridized carbons (Fsp3) is 0.100. The lowest BCUT2D eigenvalue weighted by molar-refractivity contribution is 1.32. The first-order chi connectivity index (χ1) is 6.33. The Labute approximate surface area is 81.6 Å². The highest BCUT2D eigenvalue weighted by Gasteiger charge is 2.01. The van der Waals surface area contributed by atoms with Crippen molar-refractivity contribution in [3.8, 4) is 0 Å². The van der Waals surface area contributed by atoms with Gasteiger partial charge in [-0.15, -0.1) is 0 Å². The molecule has 0 amide bonds. The number of pyridine rings is 1. The standard InChI is InChI=1S/C10H9ClN2/c1-12-10-8-3-2-4-9(11)7(8)5-6-13-10/h2-6H,1H3,(H,12,13). The Morgan fingerprint density at radius 3 is 2.85 bits per heavy atom. The van der Waals surface area contributed by atoms with Crippen molar-refractivity contribution >= 4 is 28.2 Å². The van der Waals surface area contributed by atoms with E-state index in [2.05, 4.69) is 10.3 Å². The lowest BCUT2D eigenvalue weighted by Crippen LogP contribution is -1.92. The lowest BCUT2D eigenvalue weighted by atomic mass is 10.1. The molecule has 0 aliphatic carbocycles. The van der Waals surface area contributed by atoms with Crippen molar-refractivity contribution in [2.45, 2.75) is 0 Å². The number of fused-ring (bicyclic) bond motifs is 1. The third-order valence-corrected chi connectivity index (χ3v) is 2.32. The van der Waals surface area contributed by atoms with E-state index in [0.717, 1.165) is 21.6 Å². The topological polar surface area (TPSA) is 24.9 Å². The molecular weight excluding hydrogens is 184 g/mol. The summed E-state index contributed by atoms with van der Waals surface area (Å²) in [6, 6.07) is 7.72. The molecule has 2 nitrogen and oxygen atoms in total. The van der Waals surface area contributed by atoms with Gasteiger partial charge in [0.25, 0.3) is 0 Å². The van der Waals surface area contributed by atoms with Gasteiger partial charge in [-0.05, 0) is 12.1 Å². The number of rotatable bonds is 1. The van der Waals surface area contributed by atoms with Crippen molar-refractivity contribution < 1.29 is 0 Å². The van der Waals surface area contributed by atoms with Gasteiger partial charge in [0, 0.05) is 29.0 Å².